The molecule has 3 rings (SSSR count). The van der Waals surface area contributed by atoms with E-state index in [-0.39, 0.29) is 0 Å². The first-order valence-electron chi connectivity index (χ1n) is 7.64. The van der Waals surface area contributed by atoms with E-state index >= 15 is 0 Å². The highest BCUT2D eigenvalue weighted by Crippen LogP contribution is 2.28. The lowest BCUT2D eigenvalue weighted by atomic mass is 10.1. The molecule has 0 radical (unpaired) electrons. The summed E-state index contributed by atoms with van der Waals surface area (Å²) in [7, 11) is 2.13. The molecule has 1 aliphatic rings. The van der Waals surface area contributed by atoms with Crippen LogP contribution in [0.1, 0.15) is 23.4 Å². The normalized spacial score (nSPS) is 18.1. The van der Waals surface area contributed by atoms with Crippen molar-refractivity contribution in [2.45, 2.75) is 25.9 Å². The zero-order chi connectivity index (χ0) is 16.4. The van der Waals surface area contributed by atoms with E-state index in [4.69, 9.17) is 21.4 Å². The van der Waals surface area contributed by atoms with E-state index in [1.807, 2.05) is 25.1 Å². The lowest BCUT2D eigenvalue weighted by molar-refractivity contribution is 0.387. The van der Waals surface area contributed by atoms with Gasteiger partial charge >= 0.3 is 0 Å². The van der Waals surface area contributed by atoms with Crippen molar-refractivity contribution in [3.8, 4) is 6.07 Å². The molecule has 1 aromatic carbocycles. The summed E-state index contributed by atoms with van der Waals surface area (Å²) >= 11 is 6.22. The van der Waals surface area contributed by atoms with Gasteiger partial charge in [0.15, 0.2) is 0 Å². The highest BCUT2D eigenvalue weighted by Gasteiger charge is 2.27. The molecule has 0 spiro atoms. The van der Waals surface area contributed by atoms with E-state index in [2.05, 4.69) is 28.1 Å². The van der Waals surface area contributed by atoms with Crippen LogP contribution in [0.25, 0.3) is 0 Å². The molecule has 5 nitrogen and oxygen atoms in total. The van der Waals surface area contributed by atoms with Gasteiger partial charge in [-0.3, -0.25) is 0 Å². The average Bonchev–Trinajstić information content (AvgIpc) is 3.13. The van der Waals surface area contributed by atoms with Crippen molar-refractivity contribution in [3.63, 3.8) is 0 Å². The molecule has 2 heterocycles. The van der Waals surface area contributed by atoms with E-state index < -0.39 is 0 Å². The molecule has 0 unspecified atom stereocenters. The number of aryl methyl sites for hydroxylation is 1. The van der Waals surface area contributed by atoms with E-state index in [1.165, 1.54) is 0 Å². The molecule has 0 N–H and O–H groups in total. The van der Waals surface area contributed by atoms with Crippen LogP contribution >= 0.6 is 11.6 Å². The van der Waals surface area contributed by atoms with Crippen molar-refractivity contribution in [1.29, 1.82) is 5.26 Å². The zero-order valence-electron chi connectivity index (χ0n) is 13.3. The fourth-order valence-corrected chi connectivity index (χ4v) is 3.25. The maximum Gasteiger partial charge on any atom is 0.133 e. The third kappa shape index (κ3) is 3.49. The second-order valence-electron chi connectivity index (χ2n) is 6.04. The van der Waals surface area contributed by atoms with E-state index in [0.717, 1.165) is 36.7 Å². The number of anilines is 1. The Labute approximate surface area is 141 Å². The Hall–Kier alpha value is -2.03. The molecule has 1 saturated heterocycles. The minimum absolute atomic E-state index is 0.390. The number of nitrogens with zero attached hydrogens (tertiary/aromatic N) is 4. The first-order chi connectivity index (χ1) is 11.1. The second-order valence-corrected chi connectivity index (χ2v) is 6.44. The van der Waals surface area contributed by atoms with Gasteiger partial charge in [0.25, 0.3) is 0 Å². The number of benzene rings is 1. The van der Waals surface area contributed by atoms with Gasteiger partial charge in [-0.05, 0) is 45.1 Å². The molecule has 1 aromatic heterocycles. The quantitative estimate of drug-likeness (QED) is 0.861. The molecule has 120 valence electrons. The van der Waals surface area contributed by atoms with Gasteiger partial charge in [0.05, 0.1) is 17.1 Å². The molecule has 0 amide bonds. The summed E-state index contributed by atoms with van der Waals surface area (Å²) in [5.74, 6) is 0.807. The van der Waals surface area contributed by atoms with Crippen molar-refractivity contribution in [3.05, 3.63) is 46.3 Å². The lowest BCUT2D eigenvalue weighted by Crippen LogP contribution is -2.36. The van der Waals surface area contributed by atoms with Crippen LogP contribution in [0.4, 0.5) is 5.69 Å². The van der Waals surface area contributed by atoms with Gasteiger partial charge in [0.1, 0.15) is 17.5 Å². The lowest BCUT2D eigenvalue weighted by Gasteiger charge is -2.30. The van der Waals surface area contributed by atoms with Gasteiger partial charge in [0.2, 0.25) is 0 Å². The SMILES string of the molecule is Cc1cc(CN(c2ccc(C#N)c(Cl)c2)[C@H]2CCN(C)C2)no1. The van der Waals surface area contributed by atoms with Gasteiger partial charge < -0.3 is 14.3 Å². The van der Waals surface area contributed by atoms with E-state index in [0.29, 0.717) is 23.2 Å². The molecule has 1 fully saturated rings. The van der Waals surface area contributed by atoms with Crippen molar-refractivity contribution < 1.29 is 4.52 Å². The molecule has 0 bridgehead atoms. The first-order valence-corrected chi connectivity index (χ1v) is 8.01. The Bertz CT molecular complexity index is 736. The Morgan fingerprint density at radius 2 is 2.30 bits per heavy atom. The Morgan fingerprint density at radius 1 is 1.48 bits per heavy atom. The highest BCUT2D eigenvalue weighted by atomic mass is 35.5. The predicted molar refractivity (Wildman–Crippen MR) is 89.5 cm³/mol. The van der Waals surface area contributed by atoms with Gasteiger partial charge in [-0.25, -0.2) is 0 Å². The average molecular weight is 331 g/mol. The number of nitriles is 1. The second kappa shape index (κ2) is 6.61. The number of likely N-dealkylation sites (tertiary alicyclic amines) is 1. The topological polar surface area (TPSA) is 56.3 Å². The fourth-order valence-electron chi connectivity index (χ4n) is 3.04. The van der Waals surface area contributed by atoms with Crippen molar-refractivity contribution in [2.75, 3.05) is 25.0 Å². The summed E-state index contributed by atoms with van der Waals surface area (Å²) < 4.78 is 5.19. The molecule has 0 aliphatic carbocycles. The molecule has 2 aromatic rings. The van der Waals surface area contributed by atoms with Gasteiger partial charge in [-0.15, -0.1) is 0 Å². The summed E-state index contributed by atoms with van der Waals surface area (Å²) in [6.07, 6.45) is 1.09. The Balaban J connectivity index is 1.91. The fraction of sp³-hybridized carbons (Fsp3) is 0.412. The number of hydrogen-bond acceptors (Lipinski definition) is 5. The molecule has 1 atom stereocenters. The van der Waals surface area contributed by atoms with Gasteiger partial charge in [0, 0.05) is 24.3 Å². The van der Waals surface area contributed by atoms with Gasteiger partial charge in [-0.1, -0.05) is 16.8 Å². The molecular formula is C17H19ClN4O. The number of aromatic nitrogens is 1. The molecule has 6 heteroatoms. The van der Waals surface area contributed by atoms with Crippen LogP contribution in [-0.2, 0) is 6.54 Å². The maximum absolute atomic E-state index is 9.06. The van der Waals surface area contributed by atoms with Crippen LogP contribution in [0, 0.1) is 18.3 Å². The zero-order valence-corrected chi connectivity index (χ0v) is 14.0. The monoisotopic (exact) mass is 330 g/mol. The third-order valence-electron chi connectivity index (χ3n) is 4.22. The van der Waals surface area contributed by atoms with Gasteiger partial charge in [-0.2, -0.15) is 5.26 Å². The molecule has 0 saturated carbocycles. The van der Waals surface area contributed by atoms with Crippen LogP contribution in [0.5, 0.6) is 0 Å². The minimum atomic E-state index is 0.390. The molecule has 1 aliphatic heterocycles. The van der Waals surface area contributed by atoms with Crippen molar-refractivity contribution >= 4 is 17.3 Å². The Kier molecular flexibility index (Phi) is 4.56. The summed E-state index contributed by atoms with van der Waals surface area (Å²) in [5, 5.41) is 13.7. The maximum atomic E-state index is 9.06. The standard InChI is InChI=1S/C17H19ClN4O/c1-12-7-14(20-23-12)10-22(16-5-6-21(2)11-16)15-4-3-13(9-19)17(18)8-15/h3-4,7-8,16H,5-6,10-11H2,1-2H3/t16-/m0/s1. The largest absolute Gasteiger partial charge is 0.361 e. The number of likely N-dealkylation sites (N-methyl/N-ethyl adjacent to an activating group) is 1. The molecular weight excluding hydrogens is 312 g/mol. The number of halogens is 1. The smallest absolute Gasteiger partial charge is 0.133 e. The number of rotatable bonds is 4. The summed E-state index contributed by atoms with van der Waals surface area (Å²) in [4.78, 5) is 4.62. The van der Waals surface area contributed by atoms with Crippen LogP contribution in [-0.4, -0.2) is 36.2 Å². The Morgan fingerprint density at radius 3 is 2.87 bits per heavy atom. The summed E-state index contributed by atoms with van der Waals surface area (Å²) in [6.45, 7) is 4.62. The van der Waals surface area contributed by atoms with E-state index in [1.54, 1.807) is 6.07 Å². The highest BCUT2D eigenvalue weighted by molar-refractivity contribution is 6.32. The van der Waals surface area contributed by atoms with Crippen LogP contribution < -0.4 is 4.90 Å². The van der Waals surface area contributed by atoms with E-state index in [9.17, 15) is 0 Å². The summed E-state index contributed by atoms with van der Waals surface area (Å²) in [5.41, 5.74) is 2.41. The molecule has 23 heavy (non-hydrogen) atoms. The van der Waals surface area contributed by atoms with Crippen LogP contribution in [0.3, 0.4) is 0 Å². The van der Waals surface area contributed by atoms with Crippen LogP contribution in [0.15, 0.2) is 28.8 Å². The summed E-state index contributed by atoms with van der Waals surface area (Å²) in [6, 6.07) is 10.0. The van der Waals surface area contributed by atoms with Crippen LogP contribution in [0.2, 0.25) is 5.02 Å². The van der Waals surface area contributed by atoms with Crippen molar-refractivity contribution in [2.24, 2.45) is 0 Å². The number of hydrogen-bond donors (Lipinski definition) is 0. The third-order valence-corrected chi connectivity index (χ3v) is 4.53. The minimum Gasteiger partial charge on any atom is -0.361 e. The van der Waals surface area contributed by atoms with Crippen molar-refractivity contribution in [1.82, 2.24) is 10.1 Å². The first kappa shape index (κ1) is 15.9. The predicted octanol–water partition coefficient (Wildman–Crippen LogP) is 3.22.